The van der Waals surface area contributed by atoms with Gasteiger partial charge in [-0.05, 0) is 37.1 Å². The maximum atomic E-state index is 13.0. The first-order chi connectivity index (χ1) is 7.74. The van der Waals surface area contributed by atoms with Gasteiger partial charge >= 0.3 is 0 Å². The van der Waals surface area contributed by atoms with Crippen LogP contribution in [-0.4, -0.2) is 21.4 Å². The molecular weight excluding hydrogens is 255 g/mol. The first-order valence-electron chi connectivity index (χ1n) is 4.78. The summed E-state index contributed by atoms with van der Waals surface area (Å²) < 4.78 is 62.1. The minimum atomic E-state index is -4.03. The Morgan fingerprint density at radius 1 is 1.24 bits per heavy atom. The molecule has 0 aliphatic rings. The highest BCUT2D eigenvalue weighted by Crippen LogP contribution is 2.21. The number of aryl methyl sites for hydroxylation is 2. The third kappa shape index (κ3) is 3.44. The molecule has 1 aromatic carbocycles. The monoisotopic (exact) mass is 267 g/mol. The molecule has 0 amide bonds. The predicted molar refractivity (Wildman–Crippen MR) is 57.1 cm³/mol. The molecule has 3 nitrogen and oxygen atoms in total. The number of nitrogens with one attached hydrogen (secondary N) is 1. The summed E-state index contributed by atoms with van der Waals surface area (Å²) in [5.41, 5.74) is 0.369. The fourth-order valence-corrected chi connectivity index (χ4v) is 3.02. The van der Waals surface area contributed by atoms with E-state index < -0.39 is 28.8 Å². The van der Waals surface area contributed by atoms with Crippen molar-refractivity contribution in [3.63, 3.8) is 0 Å². The van der Waals surface area contributed by atoms with E-state index in [9.17, 15) is 21.6 Å². The molecule has 0 aliphatic heterocycles. The number of alkyl halides is 2. The Hall–Kier alpha value is -1.08. The molecule has 7 heteroatoms. The SMILES string of the molecule is Cc1cc(F)cc(C)c1S(=O)(=O)NCC(F)F. The van der Waals surface area contributed by atoms with Crippen molar-refractivity contribution in [1.29, 1.82) is 0 Å². The maximum absolute atomic E-state index is 13.0. The van der Waals surface area contributed by atoms with Crippen molar-refractivity contribution < 1.29 is 21.6 Å². The van der Waals surface area contributed by atoms with Gasteiger partial charge in [0.15, 0.2) is 0 Å². The molecule has 1 rings (SSSR count). The maximum Gasteiger partial charge on any atom is 0.251 e. The Bertz CT molecular complexity index is 491. The zero-order chi connectivity index (χ0) is 13.2. The molecule has 1 N–H and O–H groups in total. The molecule has 0 radical (unpaired) electrons. The van der Waals surface area contributed by atoms with Crippen LogP contribution >= 0.6 is 0 Å². The average molecular weight is 267 g/mol. The molecule has 96 valence electrons. The number of rotatable bonds is 4. The van der Waals surface area contributed by atoms with Crippen LogP contribution in [0.15, 0.2) is 17.0 Å². The van der Waals surface area contributed by atoms with Crippen molar-refractivity contribution in [2.24, 2.45) is 0 Å². The fourth-order valence-electron chi connectivity index (χ4n) is 1.57. The topological polar surface area (TPSA) is 46.2 Å². The predicted octanol–water partition coefficient (Wildman–Crippen LogP) is 1.99. The molecule has 0 aromatic heterocycles. The second kappa shape index (κ2) is 5.05. The van der Waals surface area contributed by atoms with E-state index in [4.69, 9.17) is 0 Å². The van der Waals surface area contributed by atoms with Crippen molar-refractivity contribution in [2.75, 3.05) is 6.54 Å². The van der Waals surface area contributed by atoms with E-state index >= 15 is 0 Å². The van der Waals surface area contributed by atoms with Crippen LogP contribution in [0.2, 0.25) is 0 Å². The number of sulfonamides is 1. The fraction of sp³-hybridized carbons (Fsp3) is 0.400. The number of benzene rings is 1. The summed E-state index contributed by atoms with van der Waals surface area (Å²) in [4.78, 5) is -0.153. The molecule has 1 aromatic rings. The van der Waals surface area contributed by atoms with Crippen LogP contribution in [-0.2, 0) is 10.0 Å². The van der Waals surface area contributed by atoms with Crippen LogP contribution in [0, 0.1) is 19.7 Å². The highest BCUT2D eigenvalue weighted by atomic mass is 32.2. The third-order valence-corrected chi connectivity index (χ3v) is 3.85. The quantitative estimate of drug-likeness (QED) is 0.906. The third-order valence-electron chi connectivity index (χ3n) is 2.12. The van der Waals surface area contributed by atoms with Gasteiger partial charge in [0, 0.05) is 0 Å². The Labute approximate surface area is 97.7 Å². The lowest BCUT2D eigenvalue weighted by molar-refractivity contribution is 0.153. The Morgan fingerprint density at radius 3 is 2.12 bits per heavy atom. The van der Waals surface area contributed by atoms with E-state index in [0.717, 1.165) is 12.1 Å². The lowest BCUT2D eigenvalue weighted by atomic mass is 10.1. The lowest BCUT2D eigenvalue weighted by Crippen LogP contribution is -2.29. The van der Waals surface area contributed by atoms with Gasteiger partial charge in [-0.15, -0.1) is 0 Å². The van der Waals surface area contributed by atoms with Crippen LogP contribution in [0.4, 0.5) is 13.2 Å². The summed E-state index contributed by atoms with van der Waals surface area (Å²) in [6.07, 6.45) is -2.77. The Kier molecular flexibility index (Phi) is 4.16. The normalized spacial score (nSPS) is 12.1. The van der Waals surface area contributed by atoms with Crippen LogP contribution in [0.5, 0.6) is 0 Å². The number of hydrogen-bond acceptors (Lipinski definition) is 2. The van der Waals surface area contributed by atoms with Crippen LogP contribution in [0.1, 0.15) is 11.1 Å². The molecule has 0 spiro atoms. The first kappa shape index (κ1) is 14.0. The first-order valence-corrected chi connectivity index (χ1v) is 6.27. The average Bonchev–Trinajstić information content (AvgIpc) is 2.12. The largest absolute Gasteiger partial charge is 0.251 e. The lowest BCUT2D eigenvalue weighted by Gasteiger charge is -2.11. The molecule has 17 heavy (non-hydrogen) atoms. The summed E-state index contributed by atoms with van der Waals surface area (Å²) >= 11 is 0. The van der Waals surface area contributed by atoms with Gasteiger partial charge < -0.3 is 0 Å². The smallest absolute Gasteiger partial charge is 0.209 e. The van der Waals surface area contributed by atoms with Crippen LogP contribution in [0.3, 0.4) is 0 Å². The van der Waals surface area contributed by atoms with Crippen molar-refractivity contribution in [1.82, 2.24) is 4.72 Å². The van der Waals surface area contributed by atoms with E-state index in [1.165, 1.54) is 13.8 Å². The van der Waals surface area contributed by atoms with Gasteiger partial charge in [-0.3, -0.25) is 0 Å². The Balaban J connectivity index is 3.16. The molecule has 0 saturated heterocycles. The molecule has 0 unspecified atom stereocenters. The molecule has 0 fully saturated rings. The highest BCUT2D eigenvalue weighted by Gasteiger charge is 2.21. The Morgan fingerprint density at radius 2 is 1.71 bits per heavy atom. The minimum absolute atomic E-state index is 0.153. The highest BCUT2D eigenvalue weighted by molar-refractivity contribution is 7.89. The van der Waals surface area contributed by atoms with Crippen LogP contribution in [0.25, 0.3) is 0 Å². The molecule has 0 aliphatic carbocycles. The zero-order valence-corrected chi connectivity index (χ0v) is 10.1. The van der Waals surface area contributed by atoms with E-state index in [0.29, 0.717) is 0 Å². The van der Waals surface area contributed by atoms with Crippen molar-refractivity contribution in [3.05, 3.63) is 29.1 Å². The summed E-state index contributed by atoms with van der Waals surface area (Å²) in [6.45, 7) is 1.86. The van der Waals surface area contributed by atoms with Crippen molar-refractivity contribution in [3.8, 4) is 0 Å². The van der Waals surface area contributed by atoms with E-state index in [1.807, 2.05) is 0 Å². The van der Waals surface area contributed by atoms with Gasteiger partial charge in [0.05, 0.1) is 11.4 Å². The van der Waals surface area contributed by atoms with Crippen LogP contribution < -0.4 is 4.72 Å². The van der Waals surface area contributed by atoms with Gasteiger partial charge in [0.25, 0.3) is 6.43 Å². The summed E-state index contributed by atoms with van der Waals surface area (Å²) in [5, 5.41) is 0. The van der Waals surface area contributed by atoms with Gasteiger partial charge in [-0.1, -0.05) is 0 Å². The van der Waals surface area contributed by atoms with Gasteiger partial charge in [-0.25, -0.2) is 26.3 Å². The molecule has 0 saturated carbocycles. The molecular formula is C10H12F3NO2S. The van der Waals surface area contributed by atoms with Gasteiger partial charge in [0.2, 0.25) is 10.0 Å². The standard InChI is InChI=1S/C10H12F3NO2S/c1-6-3-8(11)4-7(2)10(6)17(15,16)14-5-9(12)13/h3-4,9,14H,5H2,1-2H3. The summed E-state index contributed by atoms with van der Waals surface area (Å²) in [6, 6.07) is 2.09. The minimum Gasteiger partial charge on any atom is -0.209 e. The summed E-state index contributed by atoms with van der Waals surface area (Å²) in [7, 11) is -4.03. The zero-order valence-electron chi connectivity index (χ0n) is 9.30. The number of hydrogen-bond donors (Lipinski definition) is 1. The van der Waals surface area contributed by atoms with E-state index in [2.05, 4.69) is 0 Å². The van der Waals surface area contributed by atoms with Crippen molar-refractivity contribution in [2.45, 2.75) is 25.2 Å². The molecule has 0 heterocycles. The second-order valence-corrected chi connectivity index (χ2v) is 5.32. The molecule has 0 bridgehead atoms. The van der Waals surface area contributed by atoms with E-state index in [-0.39, 0.29) is 16.0 Å². The molecule has 0 atom stereocenters. The van der Waals surface area contributed by atoms with Gasteiger partial charge in [0.1, 0.15) is 5.82 Å². The second-order valence-electron chi connectivity index (χ2n) is 3.61. The van der Waals surface area contributed by atoms with Gasteiger partial charge in [-0.2, -0.15) is 0 Å². The number of halogens is 3. The summed E-state index contributed by atoms with van der Waals surface area (Å²) in [5.74, 6) is -0.562. The van der Waals surface area contributed by atoms with Crippen molar-refractivity contribution >= 4 is 10.0 Å². The van der Waals surface area contributed by atoms with E-state index in [1.54, 1.807) is 4.72 Å².